The number of carbonyl (C=O) groups excluding carboxylic acids is 3. The van der Waals surface area contributed by atoms with E-state index in [1.54, 1.807) is 38.1 Å². The molecule has 25 heavy (non-hydrogen) atoms. The summed E-state index contributed by atoms with van der Waals surface area (Å²) in [6.45, 7) is 6.78. The quantitative estimate of drug-likeness (QED) is 0.318. The lowest BCUT2D eigenvalue weighted by molar-refractivity contribution is -0.165. The number of alkyl carbamates (subject to hydrolysis) is 1. The highest BCUT2D eigenvalue weighted by molar-refractivity contribution is 6.07. The zero-order valence-electron chi connectivity index (χ0n) is 14.4. The van der Waals surface area contributed by atoms with Crippen LogP contribution in [0.1, 0.15) is 25.8 Å². The molecule has 1 N–H and O–H groups in total. The Kier molecular flexibility index (Phi) is 8.18. The summed E-state index contributed by atoms with van der Waals surface area (Å²) in [7, 11) is 0. The predicted octanol–water partition coefficient (Wildman–Crippen LogP) is 2.35. The van der Waals surface area contributed by atoms with Crippen LogP contribution >= 0.6 is 0 Å². The van der Waals surface area contributed by atoms with Crippen molar-refractivity contribution in [3.8, 4) is 0 Å². The maximum absolute atomic E-state index is 12.3. The Morgan fingerprint density at radius 2 is 1.60 bits per heavy atom. The fourth-order valence-electron chi connectivity index (χ4n) is 2.06. The molecule has 7 heteroatoms. The minimum Gasteiger partial charge on any atom is -0.464 e. The van der Waals surface area contributed by atoms with Crippen LogP contribution in [0.15, 0.2) is 43.0 Å². The molecule has 0 unspecified atom stereocenters. The van der Waals surface area contributed by atoms with Gasteiger partial charge >= 0.3 is 18.0 Å². The molecule has 7 nitrogen and oxygen atoms in total. The first kappa shape index (κ1) is 20.2. The summed E-state index contributed by atoms with van der Waals surface area (Å²) in [5.74, 6) is -1.85. The Morgan fingerprint density at radius 3 is 2.08 bits per heavy atom. The first-order chi connectivity index (χ1) is 12.0. The highest BCUT2D eigenvalue weighted by atomic mass is 16.6. The SMILES string of the molecule is C=CCC(NC(=O)OCc1ccccc1)(C(=O)OCC)C(=O)OCC. The van der Waals surface area contributed by atoms with Gasteiger partial charge in [-0.1, -0.05) is 36.4 Å². The van der Waals surface area contributed by atoms with Gasteiger partial charge in [0.2, 0.25) is 5.54 Å². The normalized spacial score (nSPS) is 10.5. The number of amides is 1. The van der Waals surface area contributed by atoms with Crippen LogP contribution in [0.25, 0.3) is 0 Å². The number of nitrogens with one attached hydrogen (secondary N) is 1. The minimum absolute atomic E-state index is 0.0114. The topological polar surface area (TPSA) is 90.9 Å². The molecule has 136 valence electrons. The van der Waals surface area contributed by atoms with Crippen molar-refractivity contribution in [1.82, 2.24) is 5.32 Å². The Balaban J connectivity index is 2.93. The Hall–Kier alpha value is -2.83. The smallest absolute Gasteiger partial charge is 0.408 e. The van der Waals surface area contributed by atoms with Gasteiger partial charge in [0.25, 0.3) is 0 Å². The molecule has 1 rings (SSSR count). The lowest BCUT2D eigenvalue weighted by atomic mass is 9.95. The molecular weight excluding hydrogens is 326 g/mol. The van der Waals surface area contributed by atoms with Crippen LogP contribution in [0.3, 0.4) is 0 Å². The van der Waals surface area contributed by atoms with Crippen molar-refractivity contribution >= 4 is 18.0 Å². The summed E-state index contributed by atoms with van der Waals surface area (Å²) in [5, 5.41) is 2.29. The molecule has 0 aliphatic rings. The third-order valence-electron chi connectivity index (χ3n) is 3.23. The number of rotatable bonds is 9. The fraction of sp³-hybridized carbons (Fsp3) is 0.389. The predicted molar refractivity (Wildman–Crippen MR) is 90.6 cm³/mol. The second kappa shape index (κ2) is 10.1. The molecule has 0 aliphatic carbocycles. The van der Waals surface area contributed by atoms with E-state index in [0.717, 1.165) is 5.56 Å². The van der Waals surface area contributed by atoms with Crippen LogP contribution in [0.4, 0.5) is 4.79 Å². The summed E-state index contributed by atoms with van der Waals surface area (Å²) in [6.07, 6.45) is 0.197. The highest BCUT2D eigenvalue weighted by Crippen LogP contribution is 2.17. The van der Waals surface area contributed by atoms with Gasteiger partial charge in [0, 0.05) is 6.42 Å². The molecule has 1 aromatic rings. The first-order valence-electron chi connectivity index (χ1n) is 7.94. The van der Waals surface area contributed by atoms with E-state index < -0.39 is 23.6 Å². The molecular formula is C18H23NO6. The van der Waals surface area contributed by atoms with Gasteiger partial charge in [0.1, 0.15) is 6.61 Å². The van der Waals surface area contributed by atoms with Crippen LogP contribution in [0, 0.1) is 0 Å². The standard InChI is InChI=1S/C18H23NO6/c1-4-12-18(15(20)23-5-2,16(21)24-6-3)19-17(22)25-13-14-10-8-7-9-11-14/h4,7-11H,1,5-6,12-13H2,2-3H3,(H,19,22). The zero-order valence-corrected chi connectivity index (χ0v) is 14.4. The third kappa shape index (κ3) is 5.63. The number of benzene rings is 1. The molecule has 0 fully saturated rings. The van der Waals surface area contributed by atoms with E-state index in [9.17, 15) is 14.4 Å². The van der Waals surface area contributed by atoms with E-state index >= 15 is 0 Å². The highest BCUT2D eigenvalue weighted by Gasteiger charge is 2.50. The van der Waals surface area contributed by atoms with E-state index in [1.807, 2.05) is 6.07 Å². The summed E-state index contributed by atoms with van der Waals surface area (Å²) < 4.78 is 15.0. The van der Waals surface area contributed by atoms with Gasteiger partial charge in [-0.2, -0.15) is 0 Å². The molecule has 0 saturated carbocycles. The summed E-state index contributed by atoms with van der Waals surface area (Å²) >= 11 is 0. The Morgan fingerprint density at radius 1 is 1.04 bits per heavy atom. The summed E-state index contributed by atoms with van der Waals surface area (Å²) in [6, 6.07) is 8.99. The van der Waals surface area contributed by atoms with Crippen LogP contribution in [0.5, 0.6) is 0 Å². The number of esters is 2. The van der Waals surface area contributed by atoms with Crippen molar-refractivity contribution in [2.75, 3.05) is 13.2 Å². The van der Waals surface area contributed by atoms with Gasteiger partial charge < -0.3 is 14.2 Å². The maximum atomic E-state index is 12.3. The van der Waals surface area contributed by atoms with Crippen molar-refractivity contribution in [2.24, 2.45) is 0 Å². The maximum Gasteiger partial charge on any atom is 0.408 e. The minimum atomic E-state index is -2.03. The Bertz CT molecular complexity index is 581. The Labute approximate surface area is 146 Å². The fourth-order valence-corrected chi connectivity index (χ4v) is 2.06. The number of ether oxygens (including phenoxy) is 3. The van der Waals surface area contributed by atoms with Gasteiger partial charge in [-0.3, -0.25) is 5.32 Å². The van der Waals surface area contributed by atoms with Crippen LogP contribution in [0.2, 0.25) is 0 Å². The average molecular weight is 349 g/mol. The van der Waals surface area contributed by atoms with Crippen molar-refractivity contribution in [2.45, 2.75) is 32.4 Å². The molecule has 0 heterocycles. The largest absolute Gasteiger partial charge is 0.464 e. The zero-order chi connectivity index (χ0) is 18.7. The van der Waals surface area contributed by atoms with E-state index in [2.05, 4.69) is 11.9 Å². The van der Waals surface area contributed by atoms with Crippen LogP contribution < -0.4 is 5.32 Å². The molecule has 0 aliphatic heterocycles. The second-order valence-corrected chi connectivity index (χ2v) is 5.03. The van der Waals surface area contributed by atoms with Gasteiger partial charge in [-0.15, -0.1) is 6.58 Å². The van der Waals surface area contributed by atoms with Gasteiger partial charge in [-0.25, -0.2) is 14.4 Å². The molecule has 0 radical (unpaired) electrons. The molecule has 0 aromatic heterocycles. The average Bonchev–Trinajstić information content (AvgIpc) is 2.60. The molecule has 0 saturated heterocycles. The van der Waals surface area contributed by atoms with Crippen LogP contribution in [-0.4, -0.2) is 36.8 Å². The van der Waals surface area contributed by atoms with E-state index in [4.69, 9.17) is 14.2 Å². The number of hydrogen-bond donors (Lipinski definition) is 1. The van der Waals surface area contributed by atoms with Gasteiger partial charge in [0.15, 0.2) is 0 Å². The lowest BCUT2D eigenvalue weighted by Crippen LogP contribution is -2.61. The molecule has 0 atom stereocenters. The summed E-state index contributed by atoms with van der Waals surface area (Å²) in [5.41, 5.74) is -1.26. The van der Waals surface area contributed by atoms with E-state index in [-0.39, 0.29) is 26.2 Å². The molecule has 0 bridgehead atoms. The number of hydrogen-bond acceptors (Lipinski definition) is 6. The van der Waals surface area contributed by atoms with Crippen molar-refractivity contribution in [3.05, 3.63) is 48.6 Å². The van der Waals surface area contributed by atoms with Crippen molar-refractivity contribution in [1.29, 1.82) is 0 Å². The van der Waals surface area contributed by atoms with E-state index in [0.29, 0.717) is 0 Å². The van der Waals surface area contributed by atoms with Crippen LogP contribution in [-0.2, 0) is 30.4 Å². The lowest BCUT2D eigenvalue weighted by Gasteiger charge is -2.28. The van der Waals surface area contributed by atoms with Crippen molar-refractivity contribution in [3.63, 3.8) is 0 Å². The molecule has 1 amide bonds. The third-order valence-corrected chi connectivity index (χ3v) is 3.23. The van der Waals surface area contributed by atoms with E-state index in [1.165, 1.54) is 6.08 Å². The first-order valence-corrected chi connectivity index (χ1v) is 7.94. The number of carbonyl (C=O) groups is 3. The van der Waals surface area contributed by atoms with Gasteiger partial charge in [0.05, 0.1) is 13.2 Å². The van der Waals surface area contributed by atoms with Crippen molar-refractivity contribution < 1.29 is 28.6 Å². The second-order valence-electron chi connectivity index (χ2n) is 5.03. The molecule has 1 aromatic carbocycles. The summed E-state index contributed by atoms with van der Waals surface area (Å²) in [4.78, 5) is 36.8. The molecule has 0 spiro atoms. The monoisotopic (exact) mass is 349 g/mol. The van der Waals surface area contributed by atoms with Gasteiger partial charge in [-0.05, 0) is 19.4 Å².